The van der Waals surface area contributed by atoms with Gasteiger partial charge in [-0.3, -0.25) is 4.79 Å². The van der Waals surface area contributed by atoms with Gasteiger partial charge in [0, 0.05) is 23.5 Å². The Morgan fingerprint density at radius 1 is 1.06 bits per heavy atom. The van der Waals surface area contributed by atoms with Gasteiger partial charge in [-0.2, -0.15) is 4.31 Å². The van der Waals surface area contributed by atoms with Crippen molar-refractivity contribution in [3.63, 3.8) is 0 Å². The highest BCUT2D eigenvalue weighted by Gasteiger charge is 2.30. The first-order valence-electron chi connectivity index (χ1n) is 10.9. The molecule has 0 N–H and O–H groups in total. The molecule has 2 aromatic heterocycles. The van der Waals surface area contributed by atoms with E-state index in [1.807, 2.05) is 23.6 Å². The highest BCUT2D eigenvalue weighted by Crippen LogP contribution is 2.27. The quantitative estimate of drug-likeness (QED) is 0.455. The van der Waals surface area contributed by atoms with Crippen LogP contribution in [0.1, 0.15) is 53.1 Å². The zero-order valence-corrected chi connectivity index (χ0v) is 19.8. The third-order valence-electron chi connectivity index (χ3n) is 5.99. The molecule has 6 nitrogen and oxygen atoms in total. The lowest BCUT2D eigenvalue weighted by Gasteiger charge is -2.30. The fourth-order valence-corrected chi connectivity index (χ4v) is 6.34. The largest absolute Gasteiger partial charge is 0.467 e. The van der Waals surface area contributed by atoms with Gasteiger partial charge in [0.1, 0.15) is 5.76 Å². The van der Waals surface area contributed by atoms with Gasteiger partial charge in [-0.05, 0) is 54.6 Å². The van der Waals surface area contributed by atoms with E-state index in [1.54, 1.807) is 53.8 Å². The summed E-state index contributed by atoms with van der Waals surface area (Å²) < 4.78 is 33.5. The summed E-state index contributed by atoms with van der Waals surface area (Å²) in [4.78, 5) is 16.3. The number of furan rings is 1. The number of benzene rings is 1. The second-order valence-corrected chi connectivity index (χ2v) is 11.2. The molecule has 3 aromatic rings. The Labute approximate surface area is 193 Å². The molecule has 1 aromatic carbocycles. The molecular weight excluding hydrogens is 444 g/mol. The fraction of sp³-hybridized carbons (Fsp3) is 0.375. The number of hydrogen-bond acceptors (Lipinski definition) is 5. The van der Waals surface area contributed by atoms with Crippen LogP contribution in [-0.4, -0.2) is 36.6 Å². The lowest BCUT2D eigenvalue weighted by Crippen LogP contribution is -2.38. The molecule has 2 heterocycles. The molecule has 32 heavy (non-hydrogen) atoms. The van der Waals surface area contributed by atoms with E-state index in [1.165, 1.54) is 10.4 Å². The van der Waals surface area contributed by atoms with Crippen molar-refractivity contribution < 1.29 is 17.6 Å². The number of carbonyl (C=O) groups excluding carboxylic acids is 1. The van der Waals surface area contributed by atoms with Crippen LogP contribution < -0.4 is 0 Å². The topological polar surface area (TPSA) is 70.8 Å². The van der Waals surface area contributed by atoms with E-state index < -0.39 is 10.0 Å². The molecular formula is C24H28N2O4S2. The van der Waals surface area contributed by atoms with Crippen LogP contribution in [0.15, 0.2) is 69.5 Å². The molecule has 0 spiro atoms. The van der Waals surface area contributed by atoms with Gasteiger partial charge < -0.3 is 9.32 Å². The molecule has 1 fully saturated rings. The second-order valence-electron chi connectivity index (χ2n) is 8.16. The Hall–Kier alpha value is -2.42. The zero-order valence-electron chi connectivity index (χ0n) is 18.1. The Kier molecular flexibility index (Phi) is 7.13. The number of thiophene rings is 1. The number of carbonyl (C=O) groups is 1. The van der Waals surface area contributed by atoms with E-state index in [4.69, 9.17) is 4.42 Å². The molecule has 0 saturated heterocycles. The van der Waals surface area contributed by atoms with E-state index in [-0.39, 0.29) is 16.8 Å². The molecule has 1 aliphatic carbocycles. The first kappa shape index (κ1) is 22.8. The summed E-state index contributed by atoms with van der Waals surface area (Å²) in [7, 11) is -2.02. The van der Waals surface area contributed by atoms with Crippen LogP contribution in [0.3, 0.4) is 0 Å². The van der Waals surface area contributed by atoms with Crippen LogP contribution in [0.4, 0.5) is 0 Å². The van der Waals surface area contributed by atoms with E-state index >= 15 is 0 Å². The summed E-state index contributed by atoms with van der Waals surface area (Å²) >= 11 is 1.58. The molecule has 170 valence electrons. The molecule has 0 atom stereocenters. The van der Waals surface area contributed by atoms with Gasteiger partial charge >= 0.3 is 0 Å². The molecule has 0 radical (unpaired) electrons. The van der Waals surface area contributed by atoms with E-state index in [0.29, 0.717) is 24.4 Å². The summed E-state index contributed by atoms with van der Waals surface area (Å²) in [6.45, 7) is 0.735. The van der Waals surface area contributed by atoms with Gasteiger partial charge in [-0.15, -0.1) is 11.3 Å². The smallest absolute Gasteiger partial charge is 0.254 e. The predicted molar refractivity (Wildman–Crippen MR) is 125 cm³/mol. The number of nitrogens with zero attached hydrogens (tertiary/aromatic N) is 2. The van der Waals surface area contributed by atoms with Crippen molar-refractivity contribution in [1.82, 2.24) is 9.21 Å². The summed E-state index contributed by atoms with van der Waals surface area (Å²) in [6, 6.07) is 13.9. The van der Waals surface area contributed by atoms with Gasteiger partial charge in [0.25, 0.3) is 5.91 Å². The Morgan fingerprint density at radius 2 is 1.88 bits per heavy atom. The highest BCUT2D eigenvalue weighted by atomic mass is 32.2. The fourth-order valence-electron chi connectivity index (χ4n) is 4.16. The zero-order chi connectivity index (χ0) is 22.6. The number of rotatable bonds is 8. The van der Waals surface area contributed by atoms with Crippen molar-refractivity contribution in [2.45, 2.75) is 56.1 Å². The van der Waals surface area contributed by atoms with Crippen molar-refractivity contribution >= 4 is 27.3 Å². The molecule has 0 bridgehead atoms. The Balaban J connectivity index is 1.58. The Morgan fingerprint density at radius 3 is 2.56 bits per heavy atom. The maximum atomic E-state index is 13.4. The molecule has 8 heteroatoms. The van der Waals surface area contributed by atoms with Crippen molar-refractivity contribution in [2.75, 3.05) is 7.05 Å². The van der Waals surface area contributed by atoms with Crippen LogP contribution in [-0.2, 0) is 23.1 Å². The average Bonchev–Trinajstić information content (AvgIpc) is 3.53. The lowest BCUT2D eigenvalue weighted by molar-refractivity contribution is 0.0719. The van der Waals surface area contributed by atoms with Gasteiger partial charge in [0.2, 0.25) is 10.0 Å². The van der Waals surface area contributed by atoms with Gasteiger partial charge in [-0.1, -0.05) is 31.4 Å². The summed E-state index contributed by atoms with van der Waals surface area (Å²) in [5.74, 6) is 0.447. The molecule has 1 saturated carbocycles. The van der Waals surface area contributed by atoms with Crippen LogP contribution in [0.2, 0.25) is 0 Å². The molecule has 4 rings (SSSR count). The molecule has 1 aliphatic rings. The minimum absolute atomic E-state index is 0.0161. The third-order valence-corrected chi connectivity index (χ3v) is 8.75. The minimum atomic E-state index is -3.67. The number of hydrogen-bond donors (Lipinski definition) is 0. The Bertz CT molecular complexity index is 1080. The first-order valence-corrected chi connectivity index (χ1v) is 13.2. The molecule has 0 aliphatic heterocycles. The van der Waals surface area contributed by atoms with E-state index in [2.05, 4.69) is 0 Å². The van der Waals surface area contributed by atoms with Gasteiger partial charge in [-0.25, -0.2) is 8.42 Å². The summed E-state index contributed by atoms with van der Waals surface area (Å²) in [5.41, 5.74) is 0.353. The van der Waals surface area contributed by atoms with Crippen molar-refractivity contribution in [2.24, 2.45) is 0 Å². The monoisotopic (exact) mass is 472 g/mol. The van der Waals surface area contributed by atoms with Gasteiger partial charge in [0.15, 0.2) is 0 Å². The maximum absolute atomic E-state index is 13.4. The first-order chi connectivity index (χ1) is 15.4. The lowest BCUT2D eigenvalue weighted by atomic mass is 9.96. The van der Waals surface area contributed by atoms with Crippen LogP contribution in [0, 0.1) is 0 Å². The standard InChI is InChI=1S/C24H28N2O4S2/c1-25(20-9-3-2-4-10-20)32(28,29)23-13-5-8-19(16-23)24(27)26(17-21-11-6-14-30-21)18-22-12-7-15-31-22/h5-8,11-16,20H,2-4,9-10,17-18H2,1H3. The normalized spacial score (nSPS) is 15.2. The third kappa shape index (κ3) is 5.14. The number of amides is 1. The summed E-state index contributed by atoms with van der Waals surface area (Å²) in [6.07, 6.45) is 6.60. The van der Waals surface area contributed by atoms with Crippen molar-refractivity contribution in [3.8, 4) is 0 Å². The number of sulfonamides is 1. The van der Waals surface area contributed by atoms with Crippen LogP contribution >= 0.6 is 11.3 Å². The minimum Gasteiger partial charge on any atom is -0.467 e. The van der Waals surface area contributed by atoms with Crippen LogP contribution in [0.25, 0.3) is 0 Å². The molecule has 0 unspecified atom stereocenters. The SMILES string of the molecule is CN(C1CCCCC1)S(=O)(=O)c1cccc(C(=O)N(Cc2ccco2)Cc2cccs2)c1. The van der Waals surface area contributed by atoms with E-state index in [0.717, 1.165) is 37.0 Å². The highest BCUT2D eigenvalue weighted by molar-refractivity contribution is 7.89. The van der Waals surface area contributed by atoms with Crippen molar-refractivity contribution in [3.05, 3.63) is 76.4 Å². The molecule has 1 amide bonds. The maximum Gasteiger partial charge on any atom is 0.254 e. The van der Waals surface area contributed by atoms with Crippen LogP contribution in [0.5, 0.6) is 0 Å². The van der Waals surface area contributed by atoms with Crippen molar-refractivity contribution in [1.29, 1.82) is 0 Å². The summed E-state index contributed by atoms with van der Waals surface area (Å²) in [5, 5.41) is 1.97. The van der Waals surface area contributed by atoms with E-state index in [9.17, 15) is 13.2 Å². The predicted octanol–water partition coefficient (Wildman–Crippen LogP) is 5.14. The average molecular weight is 473 g/mol. The van der Waals surface area contributed by atoms with Gasteiger partial charge in [0.05, 0.1) is 24.2 Å². The second kappa shape index (κ2) is 10.0.